The van der Waals surface area contributed by atoms with Crippen molar-refractivity contribution in [3.8, 4) is 0 Å². The van der Waals surface area contributed by atoms with Gasteiger partial charge in [0.15, 0.2) is 12.4 Å². The van der Waals surface area contributed by atoms with Gasteiger partial charge in [-0.3, -0.25) is 9.59 Å². The molecule has 0 saturated carbocycles. The highest BCUT2D eigenvalue weighted by Crippen LogP contribution is 2.33. The lowest BCUT2D eigenvalue weighted by atomic mass is 10.2. The number of hydrogen-bond acceptors (Lipinski definition) is 5. The van der Waals surface area contributed by atoms with Gasteiger partial charge in [0.1, 0.15) is 5.69 Å². The zero-order valence-corrected chi connectivity index (χ0v) is 15.9. The number of hydrogen-bond donors (Lipinski definition) is 2. The number of carbonyl (C=O) groups is 3. The Morgan fingerprint density at radius 1 is 1.04 bits per heavy atom. The fourth-order valence-corrected chi connectivity index (χ4v) is 3.31. The van der Waals surface area contributed by atoms with E-state index in [1.165, 1.54) is 30.9 Å². The molecule has 0 radical (unpaired) electrons. The Balaban J connectivity index is 1.59. The number of nitrogens with one attached hydrogen (secondary N) is 2. The van der Waals surface area contributed by atoms with Crippen LogP contribution in [0.25, 0.3) is 0 Å². The number of aromatic amines is 1. The summed E-state index contributed by atoms with van der Waals surface area (Å²) >= 11 is 1.52. The molecule has 1 heterocycles. The summed E-state index contributed by atoms with van der Waals surface area (Å²) in [5, 5.41) is 2.76. The SMILES string of the molecule is CC(=O)c1c[nH]c(C(=O)OCC(=O)Nc2ccccc2Sc2ccccc2)c1. The highest BCUT2D eigenvalue weighted by Gasteiger charge is 2.15. The second kappa shape index (κ2) is 9.05. The van der Waals surface area contributed by atoms with Crippen molar-refractivity contribution in [1.29, 1.82) is 0 Å². The van der Waals surface area contributed by atoms with Gasteiger partial charge in [0, 0.05) is 21.6 Å². The number of Topliss-reactive ketones (excluding diaryl/α,β-unsaturated/α-hetero) is 1. The summed E-state index contributed by atoms with van der Waals surface area (Å²) in [4.78, 5) is 40.1. The van der Waals surface area contributed by atoms with Gasteiger partial charge >= 0.3 is 5.97 Å². The number of ether oxygens (including phenoxy) is 1. The molecule has 0 aliphatic heterocycles. The average Bonchev–Trinajstić information content (AvgIpc) is 3.19. The van der Waals surface area contributed by atoms with Gasteiger partial charge in [0.25, 0.3) is 5.91 Å². The van der Waals surface area contributed by atoms with E-state index in [4.69, 9.17) is 4.74 Å². The second-order valence-electron chi connectivity index (χ2n) is 5.89. The minimum atomic E-state index is -0.699. The van der Waals surface area contributed by atoms with E-state index in [1.54, 1.807) is 6.07 Å². The molecule has 1 aromatic heterocycles. The normalized spacial score (nSPS) is 10.3. The largest absolute Gasteiger partial charge is 0.451 e. The van der Waals surface area contributed by atoms with Crippen LogP contribution in [-0.2, 0) is 9.53 Å². The number of anilines is 1. The summed E-state index contributed by atoms with van der Waals surface area (Å²) < 4.78 is 5.01. The first kappa shape index (κ1) is 19.4. The van der Waals surface area contributed by atoms with Gasteiger partial charge < -0.3 is 15.0 Å². The maximum absolute atomic E-state index is 12.2. The molecule has 0 unspecified atom stereocenters. The predicted molar refractivity (Wildman–Crippen MR) is 107 cm³/mol. The number of amides is 1. The summed E-state index contributed by atoms with van der Waals surface area (Å²) in [6.45, 7) is 0.966. The van der Waals surface area contributed by atoms with Crippen LogP contribution in [0, 0.1) is 0 Å². The molecule has 3 aromatic rings. The fourth-order valence-electron chi connectivity index (χ4n) is 2.38. The van der Waals surface area contributed by atoms with Crippen LogP contribution in [0.4, 0.5) is 5.69 Å². The Bertz CT molecular complexity index is 998. The van der Waals surface area contributed by atoms with E-state index < -0.39 is 18.5 Å². The van der Waals surface area contributed by atoms with Gasteiger partial charge in [-0.2, -0.15) is 0 Å². The smallest absolute Gasteiger partial charge is 0.355 e. The Labute approximate surface area is 166 Å². The molecule has 0 bridgehead atoms. The van der Waals surface area contributed by atoms with Crippen LogP contribution in [0.5, 0.6) is 0 Å². The topological polar surface area (TPSA) is 88.3 Å². The molecular weight excluding hydrogens is 376 g/mol. The Morgan fingerprint density at radius 3 is 2.46 bits per heavy atom. The maximum atomic E-state index is 12.2. The van der Waals surface area contributed by atoms with Gasteiger partial charge in [0.2, 0.25) is 0 Å². The van der Waals surface area contributed by atoms with Gasteiger partial charge in [0.05, 0.1) is 5.69 Å². The van der Waals surface area contributed by atoms with E-state index in [1.807, 2.05) is 48.5 Å². The van der Waals surface area contributed by atoms with Crippen LogP contribution in [0.2, 0.25) is 0 Å². The van der Waals surface area contributed by atoms with E-state index in [0.717, 1.165) is 9.79 Å². The highest BCUT2D eigenvalue weighted by atomic mass is 32.2. The summed E-state index contributed by atoms with van der Waals surface area (Å²) in [5.41, 5.74) is 1.14. The minimum absolute atomic E-state index is 0.123. The van der Waals surface area contributed by atoms with E-state index in [0.29, 0.717) is 11.3 Å². The lowest BCUT2D eigenvalue weighted by Gasteiger charge is -2.11. The number of esters is 1. The number of para-hydroxylation sites is 1. The van der Waals surface area contributed by atoms with Gasteiger partial charge in [-0.1, -0.05) is 42.1 Å². The van der Waals surface area contributed by atoms with E-state index in [9.17, 15) is 14.4 Å². The van der Waals surface area contributed by atoms with Crippen molar-refractivity contribution in [3.05, 3.63) is 78.1 Å². The lowest BCUT2D eigenvalue weighted by molar-refractivity contribution is -0.119. The van der Waals surface area contributed by atoms with Gasteiger partial charge in [-0.05, 0) is 37.3 Å². The molecule has 0 spiro atoms. The highest BCUT2D eigenvalue weighted by molar-refractivity contribution is 7.99. The molecule has 3 rings (SSSR count). The second-order valence-corrected chi connectivity index (χ2v) is 7.01. The lowest BCUT2D eigenvalue weighted by Crippen LogP contribution is -2.21. The average molecular weight is 394 g/mol. The molecule has 142 valence electrons. The molecule has 6 nitrogen and oxygen atoms in total. The molecule has 0 fully saturated rings. The van der Waals surface area contributed by atoms with E-state index >= 15 is 0 Å². The molecule has 2 N–H and O–H groups in total. The van der Waals surface area contributed by atoms with Gasteiger partial charge in [-0.25, -0.2) is 4.79 Å². The van der Waals surface area contributed by atoms with Crippen LogP contribution in [0.15, 0.2) is 76.7 Å². The van der Waals surface area contributed by atoms with Crippen molar-refractivity contribution in [2.24, 2.45) is 0 Å². The molecule has 0 atom stereocenters. The summed E-state index contributed by atoms with van der Waals surface area (Å²) in [5.74, 6) is -1.32. The Kier molecular flexibility index (Phi) is 6.29. The van der Waals surface area contributed by atoms with Crippen molar-refractivity contribution >= 4 is 35.1 Å². The molecular formula is C21H18N2O4S. The predicted octanol–water partition coefficient (Wildman–Crippen LogP) is 4.16. The van der Waals surface area contributed by atoms with Gasteiger partial charge in [-0.15, -0.1) is 0 Å². The zero-order chi connectivity index (χ0) is 19.9. The van der Waals surface area contributed by atoms with Crippen molar-refractivity contribution in [1.82, 2.24) is 4.98 Å². The fraction of sp³-hybridized carbons (Fsp3) is 0.0952. The zero-order valence-electron chi connectivity index (χ0n) is 15.1. The quantitative estimate of drug-likeness (QED) is 0.464. The van der Waals surface area contributed by atoms with Crippen LogP contribution < -0.4 is 5.32 Å². The number of carbonyl (C=O) groups excluding carboxylic acids is 3. The van der Waals surface area contributed by atoms with Crippen LogP contribution in [-0.4, -0.2) is 29.3 Å². The van der Waals surface area contributed by atoms with E-state index in [-0.39, 0.29) is 11.5 Å². The molecule has 2 aromatic carbocycles. The third-order valence-corrected chi connectivity index (χ3v) is 4.86. The minimum Gasteiger partial charge on any atom is -0.451 e. The molecule has 7 heteroatoms. The maximum Gasteiger partial charge on any atom is 0.355 e. The van der Waals surface area contributed by atoms with Crippen LogP contribution >= 0.6 is 11.8 Å². The van der Waals surface area contributed by atoms with Crippen molar-refractivity contribution in [3.63, 3.8) is 0 Å². The monoisotopic (exact) mass is 394 g/mol. The first-order valence-electron chi connectivity index (χ1n) is 8.51. The van der Waals surface area contributed by atoms with Crippen LogP contribution in [0.3, 0.4) is 0 Å². The standard InChI is InChI=1S/C21H18N2O4S/c1-14(24)15-11-18(22-12-15)21(26)27-13-20(25)23-17-9-5-6-10-19(17)28-16-7-3-2-4-8-16/h2-12,22H,13H2,1H3,(H,23,25). The molecule has 1 amide bonds. The molecule has 0 aliphatic carbocycles. The first-order chi connectivity index (χ1) is 13.5. The van der Waals surface area contributed by atoms with Crippen LogP contribution in [0.1, 0.15) is 27.8 Å². The summed E-state index contributed by atoms with van der Waals surface area (Å²) in [6.07, 6.45) is 1.43. The Morgan fingerprint density at radius 2 is 1.75 bits per heavy atom. The number of H-pyrrole nitrogens is 1. The molecule has 28 heavy (non-hydrogen) atoms. The summed E-state index contributed by atoms with van der Waals surface area (Å²) in [7, 11) is 0. The van der Waals surface area contributed by atoms with Crippen molar-refractivity contribution in [2.75, 3.05) is 11.9 Å². The van der Waals surface area contributed by atoms with E-state index in [2.05, 4.69) is 10.3 Å². The number of rotatable bonds is 7. The van der Waals surface area contributed by atoms with Crippen molar-refractivity contribution in [2.45, 2.75) is 16.7 Å². The number of benzene rings is 2. The molecule has 0 saturated heterocycles. The molecule has 0 aliphatic rings. The summed E-state index contributed by atoms with van der Waals surface area (Å²) in [6, 6.07) is 18.6. The Hall–Kier alpha value is -3.32. The van der Waals surface area contributed by atoms with Crippen molar-refractivity contribution < 1.29 is 19.1 Å². The number of ketones is 1. The first-order valence-corrected chi connectivity index (χ1v) is 9.33. The third kappa shape index (κ3) is 5.11. The third-order valence-electron chi connectivity index (χ3n) is 3.78. The number of aromatic nitrogens is 1.